The SMILES string of the molecule is Cc1cc(Oc2cc(Cl)ccc2CNC(=O)c2cc(Br)cc3c2OCCN(C(=O)OC(C)(C)C)C3)ccc1F. The summed E-state index contributed by atoms with van der Waals surface area (Å²) >= 11 is 9.67. The van der Waals surface area contributed by atoms with E-state index in [0.717, 1.165) is 0 Å². The molecule has 1 aliphatic heterocycles. The van der Waals surface area contributed by atoms with E-state index in [4.69, 9.17) is 25.8 Å². The minimum atomic E-state index is -0.630. The van der Waals surface area contributed by atoms with Crippen molar-refractivity contribution in [3.63, 3.8) is 0 Å². The molecule has 0 aromatic heterocycles. The summed E-state index contributed by atoms with van der Waals surface area (Å²) < 4.78 is 31.8. The number of aryl methyl sites for hydroxylation is 1. The molecule has 3 aromatic rings. The average molecular weight is 620 g/mol. The topological polar surface area (TPSA) is 77.1 Å². The number of carbonyl (C=O) groups is 2. The summed E-state index contributed by atoms with van der Waals surface area (Å²) in [6.45, 7) is 7.97. The molecule has 10 heteroatoms. The molecule has 0 atom stereocenters. The fourth-order valence-corrected chi connectivity index (χ4v) is 4.65. The maximum Gasteiger partial charge on any atom is 0.410 e. The number of hydrogen-bond acceptors (Lipinski definition) is 5. The highest BCUT2D eigenvalue weighted by Crippen LogP contribution is 2.33. The summed E-state index contributed by atoms with van der Waals surface area (Å²) in [4.78, 5) is 27.6. The Labute approximate surface area is 240 Å². The first kappa shape index (κ1) is 28.7. The van der Waals surface area contributed by atoms with Gasteiger partial charge in [-0.3, -0.25) is 4.79 Å². The van der Waals surface area contributed by atoms with Crippen LogP contribution in [0.25, 0.3) is 0 Å². The van der Waals surface area contributed by atoms with Gasteiger partial charge in [0.15, 0.2) is 0 Å². The van der Waals surface area contributed by atoms with Gasteiger partial charge < -0.3 is 24.4 Å². The maximum atomic E-state index is 13.7. The van der Waals surface area contributed by atoms with E-state index in [2.05, 4.69) is 21.2 Å². The first-order chi connectivity index (χ1) is 18.4. The highest BCUT2D eigenvalue weighted by atomic mass is 79.9. The first-order valence-electron chi connectivity index (χ1n) is 12.3. The van der Waals surface area contributed by atoms with Crippen molar-refractivity contribution < 1.29 is 28.2 Å². The number of hydrogen-bond donors (Lipinski definition) is 1. The molecule has 3 aromatic carbocycles. The molecule has 0 unspecified atom stereocenters. The Morgan fingerprint density at radius 3 is 2.64 bits per heavy atom. The monoisotopic (exact) mass is 618 g/mol. The van der Waals surface area contributed by atoms with E-state index in [0.29, 0.717) is 55.5 Å². The summed E-state index contributed by atoms with van der Waals surface area (Å²) in [7, 11) is 0. The normalized spacial score (nSPS) is 13.2. The number of benzene rings is 3. The van der Waals surface area contributed by atoms with E-state index in [1.807, 2.05) is 26.8 Å². The van der Waals surface area contributed by atoms with Gasteiger partial charge in [0.05, 0.1) is 18.7 Å². The summed E-state index contributed by atoms with van der Waals surface area (Å²) in [5.74, 6) is 0.605. The van der Waals surface area contributed by atoms with Crippen LogP contribution in [0.1, 0.15) is 47.8 Å². The van der Waals surface area contributed by atoms with Crippen LogP contribution in [-0.2, 0) is 17.8 Å². The van der Waals surface area contributed by atoms with Crippen LogP contribution in [0, 0.1) is 12.7 Å². The summed E-state index contributed by atoms with van der Waals surface area (Å²) in [6, 6.07) is 13.0. The molecule has 1 N–H and O–H groups in total. The predicted octanol–water partition coefficient (Wildman–Crippen LogP) is 7.40. The lowest BCUT2D eigenvalue weighted by atomic mass is 10.1. The molecule has 0 saturated heterocycles. The summed E-state index contributed by atoms with van der Waals surface area (Å²) in [5.41, 5.74) is 1.50. The fraction of sp³-hybridized carbons (Fsp3) is 0.310. The van der Waals surface area contributed by atoms with Crippen molar-refractivity contribution in [1.82, 2.24) is 10.2 Å². The van der Waals surface area contributed by atoms with Crippen LogP contribution in [0.15, 0.2) is 53.0 Å². The van der Waals surface area contributed by atoms with Crippen molar-refractivity contribution in [2.45, 2.75) is 46.4 Å². The molecule has 0 spiro atoms. The van der Waals surface area contributed by atoms with E-state index in [9.17, 15) is 14.0 Å². The van der Waals surface area contributed by atoms with Crippen molar-refractivity contribution in [2.75, 3.05) is 13.2 Å². The molecule has 0 aliphatic carbocycles. The molecular weight excluding hydrogens is 591 g/mol. The predicted molar refractivity (Wildman–Crippen MR) is 150 cm³/mol. The molecule has 1 aliphatic rings. The molecule has 1 heterocycles. The highest BCUT2D eigenvalue weighted by Gasteiger charge is 2.28. The van der Waals surface area contributed by atoms with Crippen molar-refractivity contribution in [1.29, 1.82) is 0 Å². The highest BCUT2D eigenvalue weighted by molar-refractivity contribution is 9.10. The van der Waals surface area contributed by atoms with Gasteiger partial charge in [0.25, 0.3) is 5.91 Å². The Morgan fingerprint density at radius 1 is 1.15 bits per heavy atom. The van der Waals surface area contributed by atoms with Crippen LogP contribution < -0.4 is 14.8 Å². The Bertz CT molecular complexity index is 1410. The Hall–Kier alpha value is -3.30. The van der Waals surface area contributed by atoms with Crippen LogP contribution in [0.2, 0.25) is 5.02 Å². The van der Waals surface area contributed by atoms with Gasteiger partial charge in [-0.1, -0.05) is 33.6 Å². The molecule has 0 radical (unpaired) electrons. The summed E-state index contributed by atoms with van der Waals surface area (Å²) in [6.07, 6.45) is -0.448. The zero-order valence-electron chi connectivity index (χ0n) is 22.1. The van der Waals surface area contributed by atoms with Gasteiger partial charge in [0, 0.05) is 27.2 Å². The van der Waals surface area contributed by atoms with Gasteiger partial charge in [-0.05, 0) is 75.7 Å². The third-order valence-corrected chi connectivity index (χ3v) is 6.51. The van der Waals surface area contributed by atoms with Gasteiger partial charge in [0.2, 0.25) is 0 Å². The first-order valence-corrected chi connectivity index (χ1v) is 13.5. The summed E-state index contributed by atoms with van der Waals surface area (Å²) in [5, 5.41) is 3.37. The van der Waals surface area contributed by atoms with Crippen LogP contribution in [0.5, 0.6) is 17.2 Å². The second kappa shape index (κ2) is 11.8. The second-order valence-corrected chi connectivity index (χ2v) is 11.5. The molecule has 4 rings (SSSR count). The Kier molecular flexibility index (Phi) is 8.71. The third kappa shape index (κ3) is 7.42. The Balaban J connectivity index is 1.53. The van der Waals surface area contributed by atoms with Gasteiger partial charge in [-0.25, -0.2) is 9.18 Å². The van der Waals surface area contributed by atoms with Gasteiger partial charge in [-0.2, -0.15) is 0 Å². The van der Waals surface area contributed by atoms with E-state index < -0.39 is 11.7 Å². The number of halogens is 3. The van der Waals surface area contributed by atoms with Crippen LogP contribution in [0.4, 0.5) is 9.18 Å². The number of nitrogens with zero attached hydrogens (tertiary/aromatic N) is 1. The van der Waals surface area contributed by atoms with Gasteiger partial charge in [-0.15, -0.1) is 0 Å². The minimum absolute atomic E-state index is 0.136. The Morgan fingerprint density at radius 2 is 1.92 bits per heavy atom. The lowest BCUT2D eigenvalue weighted by molar-refractivity contribution is 0.0225. The fourth-order valence-electron chi connectivity index (χ4n) is 3.98. The van der Waals surface area contributed by atoms with Gasteiger partial charge >= 0.3 is 6.09 Å². The molecule has 39 heavy (non-hydrogen) atoms. The quantitative estimate of drug-likeness (QED) is 0.322. The molecule has 0 saturated carbocycles. The number of nitrogens with one attached hydrogen (secondary N) is 1. The van der Waals surface area contributed by atoms with Crippen LogP contribution in [-0.4, -0.2) is 35.7 Å². The number of ether oxygens (including phenoxy) is 3. The molecule has 0 fully saturated rings. The maximum absolute atomic E-state index is 13.7. The molecule has 2 amide bonds. The van der Waals surface area contributed by atoms with E-state index in [1.54, 1.807) is 42.2 Å². The smallest absolute Gasteiger partial charge is 0.410 e. The standard InChI is InChI=1S/C29H29BrClFN2O5/c1-17-11-22(7-8-24(17)32)38-25-14-21(31)6-5-18(25)15-33-27(35)23-13-20(30)12-19-16-34(9-10-37-26(19)23)28(36)39-29(2,3)4/h5-8,11-14H,9-10,15-16H2,1-4H3,(H,33,35). The average Bonchev–Trinajstić information content (AvgIpc) is 3.07. The van der Waals surface area contributed by atoms with Crippen LogP contribution >= 0.6 is 27.5 Å². The van der Waals surface area contributed by atoms with E-state index in [-0.39, 0.29) is 31.4 Å². The van der Waals surface area contributed by atoms with Crippen LogP contribution in [0.3, 0.4) is 0 Å². The van der Waals surface area contributed by atoms with Gasteiger partial charge in [0.1, 0.15) is 35.3 Å². The lowest BCUT2D eigenvalue weighted by Gasteiger charge is -2.26. The molecule has 206 valence electrons. The minimum Gasteiger partial charge on any atom is -0.491 e. The number of fused-ring (bicyclic) bond motifs is 1. The van der Waals surface area contributed by atoms with Crippen molar-refractivity contribution in [2.24, 2.45) is 0 Å². The molecule has 0 bridgehead atoms. The van der Waals surface area contributed by atoms with Crippen molar-refractivity contribution in [3.8, 4) is 17.2 Å². The lowest BCUT2D eigenvalue weighted by Crippen LogP contribution is -2.37. The molecular formula is C29H29BrClFN2O5. The number of carbonyl (C=O) groups excluding carboxylic acids is 2. The van der Waals surface area contributed by atoms with E-state index >= 15 is 0 Å². The number of rotatable bonds is 5. The largest absolute Gasteiger partial charge is 0.491 e. The van der Waals surface area contributed by atoms with Crippen molar-refractivity contribution >= 4 is 39.5 Å². The number of amides is 2. The zero-order chi connectivity index (χ0) is 28.3. The van der Waals surface area contributed by atoms with E-state index in [1.165, 1.54) is 12.1 Å². The third-order valence-electron chi connectivity index (χ3n) is 5.82. The second-order valence-electron chi connectivity index (χ2n) is 10.1. The van der Waals surface area contributed by atoms with Crippen molar-refractivity contribution in [3.05, 3.63) is 86.1 Å². The zero-order valence-corrected chi connectivity index (χ0v) is 24.4. The molecule has 7 nitrogen and oxygen atoms in total.